The topological polar surface area (TPSA) is 61.8 Å². The Balaban J connectivity index is 1.75. The van der Waals surface area contributed by atoms with Gasteiger partial charge in [0, 0.05) is 12.6 Å². The van der Waals surface area contributed by atoms with Crippen molar-refractivity contribution in [3.05, 3.63) is 93.1 Å². The van der Waals surface area contributed by atoms with Crippen LogP contribution in [-0.2, 0) is 6.54 Å². The van der Waals surface area contributed by atoms with Gasteiger partial charge in [0.2, 0.25) is 0 Å². The summed E-state index contributed by atoms with van der Waals surface area (Å²) in [5, 5.41) is 0. The number of hydrogen-bond donors (Lipinski definition) is 0. The van der Waals surface area contributed by atoms with Gasteiger partial charge in [-0.25, -0.2) is 18.7 Å². The van der Waals surface area contributed by atoms with Crippen LogP contribution in [0.4, 0.5) is 4.39 Å². The molecule has 0 N–H and O–H groups in total. The molecule has 31 heavy (non-hydrogen) atoms. The van der Waals surface area contributed by atoms with Crippen LogP contribution >= 0.6 is 0 Å². The summed E-state index contributed by atoms with van der Waals surface area (Å²) in [6, 6.07) is 15.4. The van der Waals surface area contributed by atoms with Crippen molar-refractivity contribution in [1.29, 1.82) is 0 Å². The molecule has 2 heterocycles. The molecule has 6 nitrogen and oxygen atoms in total. The van der Waals surface area contributed by atoms with Gasteiger partial charge in [-0.2, -0.15) is 0 Å². The number of fused-ring (bicyclic) bond motifs is 1. The third-order valence-corrected chi connectivity index (χ3v) is 6.07. The number of imidazole rings is 1. The highest BCUT2D eigenvalue weighted by atomic mass is 19.1. The summed E-state index contributed by atoms with van der Waals surface area (Å²) in [4.78, 5) is 31.6. The first kappa shape index (κ1) is 19.5. The summed E-state index contributed by atoms with van der Waals surface area (Å²) in [5.74, 6) is -0.309. The first-order chi connectivity index (χ1) is 15.1. The molecule has 2 aromatic carbocycles. The zero-order valence-corrected chi connectivity index (χ0v) is 17.1. The van der Waals surface area contributed by atoms with Gasteiger partial charge in [-0.15, -0.1) is 0 Å². The number of para-hydroxylation sites is 1. The Hall–Kier alpha value is -3.48. The third kappa shape index (κ3) is 3.50. The van der Waals surface area contributed by atoms with Crippen LogP contribution in [0.5, 0.6) is 0 Å². The minimum absolute atomic E-state index is 0.109. The SMILES string of the molecule is O=c1c2c(ncn2Cc2ccc(F)cc2)n(-c2ccccc2)c(=O)n1C1CCCCC1. The van der Waals surface area contributed by atoms with Crippen LogP contribution in [0.15, 0.2) is 70.5 Å². The van der Waals surface area contributed by atoms with E-state index in [-0.39, 0.29) is 23.1 Å². The van der Waals surface area contributed by atoms with Gasteiger partial charge in [-0.3, -0.25) is 9.36 Å². The fourth-order valence-electron chi connectivity index (χ4n) is 4.53. The second kappa shape index (κ2) is 7.98. The Kier molecular flexibility index (Phi) is 5.02. The van der Waals surface area contributed by atoms with E-state index in [1.807, 2.05) is 30.3 Å². The predicted octanol–water partition coefficient (Wildman–Crippen LogP) is 4.04. The Morgan fingerprint density at radius 2 is 1.65 bits per heavy atom. The number of benzene rings is 2. The summed E-state index contributed by atoms with van der Waals surface area (Å²) in [5.41, 5.74) is 1.60. The van der Waals surface area contributed by atoms with Crippen molar-refractivity contribution in [1.82, 2.24) is 18.7 Å². The predicted molar refractivity (Wildman–Crippen MR) is 117 cm³/mol. The van der Waals surface area contributed by atoms with E-state index in [1.54, 1.807) is 23.0 Å². The van der Waals surface area contributed by atoms with E-state index < -0.39 is 0 Å². The van der Waals surface area contributed by atoms with Crippen LogP contribution < -0.4 is 11.2 Å². The highest BCUT2D eigenvalue weighted by Crippen LogP contribution is 2.26. The van der Waals surface area contributed by atoms with Crippen LogP contribution in [-0.4, -0.2) is 18.7 Å². The lowest BCUT2D eigenvalue weighted by molar-refractivity contribution is 0.335. The Labute approximate surface area is 178 Å². The van der Waals surface area contributed by atoms with Crippen molar-refractivity contribution in [2.45, 2.75) is 44.7 Å². The lowest BCUT2D eigenvalue weighted by Crippen LogP contribution is -2.43. The second-order valence-electron chi connectivity index (χ2n) is 8.09. The first-order valence-electron chi connectivity index (χ1n) is 10.7. The van der Waals surface area contributed by atoms with Gasteiger partial charge in [0.15, 0.2) is 11.2 Å². The molecule has 0 aliphatic heterocycles. The Morgan fingerprint density at radius 3 is 2.35 bits per heavy atom. The van der Waals surface area contributed by atoms with Gasteiger partial charge in [-0.1, -0.05) is 49.6 Å². The molecule has 158 valence electrons. The van der Waals surface area contributed by atoms with Crippen LogP contribution in [0.1, 0.15) is 43.7 Å². The minimum atomic E-state index is -0.345. The van der Waals surface area contributed by atoms with Crippen molar-refractivity contribution < 1.29 is 4.39 Å². The van der Waals surface area contributed by atoms with Crippen LogP contribution in [0, 0.1) is 5.82 Å². The van der Waals surface area contributed by atoms with E-state index >= 15 is 0 Å². The van der Waals surface area contributed by atoms with Gasteiger partial charge in [0.1, 0.15) is 5.82 Å². The normalized spacial score (nSPS) is 14.9. The molecule has 1 fully saturated rings. The van der Waals surface area contributed by atoms with Crippen molar-refractivity contribution in [3.8, 4) is 5.69 Å². The van der Waals surface area contributed by atoms with Gasteiger partial charge in [-0.05, 0) is 42.7 Å². The molecule has 0 bridgehead atoms. The van der Waals surface area contributed by atoms with E-state index in [9.17, 15) is 14.0 Å². The molecular weight excluding hydrogens is 395 g/mol. The molecular formula is C24H23FN4O2. The van der Waals surface area contributed by atoms with E-state index in [4.69, 9.17) is 0 Å². The number of halogens is 1. The monoisotopic (exact) mass is 418 g/mol. The molecule has 0 spiro atoms. The molecule has 4 aromatic rings. The van der Waals surface area contributed by atoms with Crippen LogP contribution in [0.2, 0.25) is 0 Å². The lowest BCUT2D eigenvalue weighted by atomic mass is 9.95. The number of aromatic nitrogens is 4. The summed E-state index contributed by atoms with van der Waals surface area (Å²) in [6.07, 6.45) is 6.37. The van der Waals surface area contributed by atoms with Crippen molar-refractivity contribution in [3.63, 3.8) is 0 Å². The lowest BCUT2D eigenvalue weighted by Gasteiger charge is -2.24. The first-order valence-corrected chi connectivity index (χ1v) is 10.7. The molecule has 0 amide bonds. The fraction of sp³-hybridized carbons (Fsp3) is 0.292. The maximum absolute atomic E-state index is 13.6. The molecule has 7 heteroatoms. The second-order valence-corrected chi connectivity index (χ2v) is 8.09. The third-order valence-electron chi connectivity index (χ3n) is 6.07. The Bertz CT molecular complexity index is 1330. The maximum Gasteiger partial charge on any atom is 0.337 e. The summed E-state index contributed by atoms with van der Waals surface area (Å²) >= 11 is 0. The van der Waals surface area contributed by atoms with E-state index in [1.165, 1.54) is 21.3 Å². The number of rotatable bonds is 4. The van der Waals surface area contributed by atoms with Crippen molar-refractivity contribution in [2.24, 2.45) is 0 Å². The van der Waals surface area contributed by atoms with Crippen molar-refractivity contribution >= 4 is 11.2 Å². The van der Waals surface area contributed by atoms with Crippen LogP contribution in [0.25, 0.3) is 16.9 Å². The molecule has 0 unspecified atom stereocenters. The number of hydrogen-bond acceptors (Lipinski definition) is 3. The van der Waals surface area contributed by atoms with E-state index in [0.29, 0.717) is 23.4 Å². The number of nitrogens with zero attached hydrogens (tertiary/aromatic N) is 4. The molecule has 0 radical (unpaired) electrons. The smallest absolute Gasteiger partial charge is 0.320 e. The molecule has 2 aromatic heterocycles. The average Bonchev–Trinajstić information content (AvgIpc) is 3.20. The van der Waals surface area contributed by atoms with Gasteiger partial charge < -0.3 is 4.57 Å². The standard InChI is InChI=1S/C24H23FN4O2/c25-18-13-11-17(12-14-18)15-27-16-26-22-21(27)23(30)29(20-9-5-2-6-10-20)24(31)28(22)19-7-3-1-4-8-19/h1,3-4,7-8,11-14,16,20H,2,5-6,9-10,15H2. The summed E-state index contributed by atoms with van der Waals surface area (Å²) in [6.45, 7) is 0.365. The highest BCUT2D eigenvalue weighted by Gasteiger charge is 2.25. The summed E-state index contributed by atoms with van der Waals surface area (Å²) < 4.78 is 18.0. The average molecular weight is 418 g/mol. The molecule has 0 saturated heterocycles. The Morgan fingerprint density at radius 1 is 0.935 bits per heavy atom. The molecule has 0 atom stereocenters. The van der Waals surface area contributed by atoms with Crippen LogP contribution in [0.3, 0.4) is 0 Å². The minimum Gasteiger partial charge on any atom is -0.320 e. The molecule has 1 saturated carbocycles. The van der Waals surface area contributed by atoms with Crippen molar-refractivity contribution in [2.75, 3.05) is 0 Å². The van der Waals surface area contributed by atoms with Gasteiger partial charge >= 0.3 is 5.69 Å². The zero-order valence-electron chi connectivity index (χ0n) is 17.1. The van der Waals surface area contributed by atoms with E-state index in [0.717, 1.165) is 37.7 Å². The fourth-order valence-corrected chi connectivity index (χ4v) is 4.53. The largest absolute Gasteiger partial charge is 0.337 e. The highest BCUT2D eigenvalue weighted by molar-refractivity contribution is 5.72. The van der Waals surface area contributed by atoms with E-state index in [2.05, 4.69) is 4.98 Å². The molecule has 1 aliphatic carbocycles. The molecule has 5 rings (SSSR count). The quantitative estimate of drug-likeness (QED) is 0.503. The van der Waals surface area contributed by atoms with Gasteiger partial charge in [0.05, 0.1) is 12.0 Å². The maximum atomic E-state index is 13.6. The zero-order chi connectivity index (χ0) is 21.4. The molecule has 1 aliphatic rings. The summed E-state index contributed by atoms with van der Waals surface area (Å²) in [7, 11) is 0. The van der Waals surface area contributed by atoms with Gasteiger partial charge in [0.25, 0.3) is 5.56 Å².